The van der Waals surface area contributed by atoms with Crippen LogP contribution in [0.1, 0.15) is 44.2 Å². The molecule has 0 aromatic heterocycles. The number of fused-ring (bicyclic) bond motifs is 3. The zero-order chi connectivity index (χ0) is 22.1. The Morgan fingerprint density at radius 2 is 1.47 bits per heavy atom. The number of carboxylic acids is 1. The van der Waals surface area contributed by atoms with E-state index >= 15 is 0 Å². The van der Waals surface area contributed by atoms with E-state index in [0.29, 0.717) is 0 Å². The van der Waals surface area contributed by atoms with Crippen LogP contribution in [-0.2, 0) is 23.9 Å². The number of hydrogen-bond acceptors (Lipinski definition) is 6. The fourth-order valence-electron chi connectivity index (χ4n) is 3.57. The van der Waals surface area contributed by atoms with Crippen LogP contribution in [0.4, 0.5) is 0 Å². The number of hydrogen-bond donors (Lipinski definition) is 2. The first-order valence-electron chi connectivity index (χ1n) is 9.62. The summed E-state index contributed by atoms with van der Waals surface area (Å²) in [6.45, 7) is 4.82. The first-order chi connectivity index (χ1) is 14.0. The summed E-state index contributed by atoms with van der Waals surface area (Å²) in [5.74, 6) is -3.96. The minimum atomic E-state index is -2.53. The maximum atomic E-state index is 12.7. The third-order valence-corrected chi connectivity index (χ3v) is 4.93. The molecule has 0 fully saturated rings. The number of aliphatic carboxylic acids is 1. The molecule has 7 nitrogen and oxygen atoms in total. The Bertz CT molecular complexity index is 948. The zero-order valence-electron chi connectivity index (χ0n) is 17.2. The van der Waals surface area contributed by atoms with Gasteiger partial charge in [-0.25, -0.2) is 9.59 Å². The van der Waals surface area contributed by atoms with Crippen molar-refractivity contribution in [2.75, 3.05) is 6.61 Å². The normalized spacial score (nSPS) is 14.9. The molecule has 0 spiro atoms. The van der Waals surface area contributed by atoms with Gasteiger partial charge in [0.05, 0.1) is 6.42 Å². The van der Waals surface area contributed by atoms with Gasteiger partial charge in [0.15, 0.2) is 0 Å². The summed E-state index contributed by atoms with van der Waals surface area (Å²) in [6.07, 6.45) is -0.823. The summed E-state index contributed by atoms with van der Waals surface area (Å²) in [7, 11) is 0. The summed E-state index contributed by atoms with van der Waals surface area (Å²) in [6, 6.07) is 15.5. The summed E-state index contributed by atoms with van der Waals surface area (Å²) in [5.41, 5.74) is 6.49. The van der Waals surface area contributed by atoms with Crippen LogP contribution in [0.5, 0.6) is 0 Å². The number of carbonyl (C=O) groups is 3. The molecule has 0 saturated heterocycles. The summed E-state index contributed by atoms with van der Waals surface area (Å²) < 4.78 is 10.5. The molecule has 3 N–H and O–H groups in total. The third-order valence-electron chi connectivity index (χ3n) is 4.93. The van der Waals surface area contributed by atoms with Crippen LogP contribution < -0.4 is 5.73 Å². The molecule has 0 heterocycles. The molecule has 2 aromatic carbocycles. The van der Waals surface area contributed by atoms with Gasteiger partial charge < -0.3 is 20.3 Å². The van der Waals surface area contributed by atoms with Gasteiger partial charge in [-0.15, -0.1) is 0 Å². The Kier molecular flexibility index (Phi) is 5.67. The van der Waals surface area contributed by atoms with Crippen molar-refractivity contribution in [1.29, 1.82) is 0 Å². The van der Waals surface area contributed by atoms with E-state index in [2.05, 4.69) is 0 Å². The highest BCUT2D eigenvalue weighted by Gasteiger charge is 2.47. The number of carbonyl (C=O) groups excluding carboxylic acids is 2. The van der Waals surface area contributed by atoms with E-state index in [4.69, 9.17) is 15.2 Å². The number of esters is 2. The number of nitrogens with two attached hydrogens (primary N) is 1. The van der Waals surface area contributed by atoms with Gasteiger partial charge in [-0.3, -0.25) is 4.79 Å². The molecule has 2 aromatic rings. The van der Waals surface area contributed by atoms with Crippen LogP contribution in [0, 0.1) is 0 Å². The Morgan fingerprint density at radius 1 is 0.967 bits per heavy atom. The highest BCUT2D eigenvalue weighted by molar-refractivity contribution is 6.06. The van der Waals surface area contributed by atoms with Crippen molar-refractivity contribution < 1.29 is 29.0 Å². The van der Waals surface area contributed by atoms with Gasteiger partial charge in [-0.1, -0.05) is 48.5 Å². The number of rotatable bonds is 6. The minimum absolute atomic E-state index is 0.0899. The quantitative estimate of drug-likeness (QED) is 0.555. The molecule has 1 atom stereocenters. The number of benzene rings is 2. The predicted octanol–water partition coefficient (Wildman–Crippen LogP) is 2.86. The molecule has 30 heavy (non-hydrogen) atoms. The molecule has 3 rings (SSSR count). The fourth-order valence-corrected chi connectivity index (χ4v) is 3.57. The smallest absolute Gasteiger partial charge is 0.338 e. The van der Waals surface area contributed by atoms with E-state index < -0.39 is 35.5 Å². The largest absolute Gasteiger partial charge is 0.479 e. The second kappa shape index (κ2) is 7.91. The maximum absolute atomic E-state index is 12.7. The Hall–Kier alpha value is -3.19. The number of carboxylic acid groups (broad SMARTS) is 1. The van der Waals surface area contributed by atoms with Gasteiger partial charge in [-0.2, -0.15) is 0 Å². The van der Waals surface area contributed by atoms with Crippen LogP contribution in [0.15, 0.2) is 48.5 Å². The molecule has 0 saturated carbocycles. The van der Waals surface area contributed by atoms with Crippen molar-refractivity contribution in [2.45, 2.75) is 44.2 Å². The van der Waals surface area contributed by atoms with E-state index in [9.17, 15) is 19.5 Å². The van der Waals surface area contributed by atoms with E-state index in [-0.39, 0.29) is 12.5 Å². The maximum Gasteiger partial charge on any atom is 0.338 e. The first kappa shape index (κ1) is 21.5. The van der Waals surface area contributed by atoms with Crippen LogP contribution in [0.25, 0.3) is 11.1 Å². The average molecular weight is 411 g/mol. The van der Waals surface area contributed by atoms with Gasteiger partial charge in [0.25, 0.3) is 0 Å². The lowest BCUT2D eigenvalue weighted by atomic mass is 9.95. The van der Waals surface area contributed by atoms with Crippen molar-refractivity contribution in [3.05, 3.63) is 59.7 Å². The average Bonchev–Trinajstić information content (AvgIpc) is 2.98. The van der Waals surface area contributed by atoms with Gasteiger partial charge in [0.1, 0.15) is 12.2 Å². The molecule has 0 radical (unpaired) electrons. The molecule has 1 aliphatic carbocycles. The molecule has 7 heteroatoms. The lowest BCUT2D eigenvalue weighted by molar-refractivity contribution is -0.170. The van der Waals surface area contributed by atoms with Crippen LogP contribution >= 0.6 is 0 Å². The van der Waals surface area contributed by atoms with E-state index in [1.807, 2.05) is 48.5 Å². The molecule has 1 aliphatic rings. The van der Waals surface area contributed by atoms with Gasteiger partial charge >= 0.3 is 17.9 Å². The Morgan fingerprint density at radius 3 is 1.93 bits per heavy atom. The predicted molar refractivity (Wildman–Crippen MR) is 110 cm³/mol. The number of ether oxygens (including phenoxy) is 2. The second-order valence-electron chi connectivity index (χ2n) is 8.37. The topological polar surface area (TPSA) is 116 Å². The van der Waals surface area contributed by atoms with Crippen LogP contribution in [-0.4, -0.2) is 40.8 Å². The summed E-state index contributed by atoms with van der Waals surface area (Å²) >= 11 is 0. The van der Waals surface area contributed by atoms with E-state index in [1.54, 1.807) is 20.8 Å². The Labute approximate surface area is 174 Å². The van der Waals surface area contributed by atoms with Gasteiger partial charge in [-0.05, 0) is 43.0 Å². The summed E-state index contributed by atoms with van der Waals surface area (Å²) in [4.78, 5) is 36.5. The standard InChI is InChI=1S/C23H25NO6/c1-22(2,3)30-19(25)12-23(24,20(26)27)21(28)29-13-18-16-10-6-4-8-14(16)15-9-5-7-11-17(15)18/h4-11,18H,12-13,24H2,1-3H3,(H,26,27)/t23-/m1/s1. The third kappa shape index (κ3) is 4.21. The van der Waals surface area contributed by atoms with E-state index in [0.717, 1.165) is 22.3 Å². The molecule has 158 valence electrons. The highest BCUT2D eigenvalue weighted by Crippen LogP contribution is 2.44. The second-order valence-corrected chi connectivity index (χ2v) is 8.37. The van der Waals surface area contributed by atoms with Crippen molar-refractivity contribution in [3.63, 3.8) is 0 Å². The van der Waals surface area contributed by atoms with Crippen molar-refractivity contribution >= 4 is 17.9 Å². The highest BCUT2D eigenvalue weighted by atomic mass is 16.6. The molecule has 0 amide bonds. The zero-order valence-corrected chi connectivity index (χ0v) is 17.2. The summed E-state index contributed by atoms with van der Waals surface area (Å²) in [5, 5.41) is 9.52. The van der Waals surface area contributed by atoms with Crippen molar-refractivity contribution in [1.82, 2.24) is 0 Å². The lowest BCUT2D eigenvalue weighted by Crippen LogP contribution is -2.57. The van der Waals surface area contributed by atoms with Crippen molar-refractivity contribution in [2.24, 2.45) is 5.73 Å². The molecule has 0 unspecified atom stereocenters. The van der Waals surface area contributed by atoms with E-state index in [1.165, 1.54) is 0 Å². The minimum Gasteiger partial charge on any atom is -0.479 e. The van der Waals surface area contributed by atoms with Crippen LogP contribution in [0.3, 0.4) is 0 Å². The van der Waals surface area contributed by atoms with Gasteiger partial charge in [0, 0.05) is 5.92 Å². The molecular formula is C23H25NO6. The first-order valence-corrected chi connectivity index (χ1v) is 9.62. The van der Waals surface area contributed by atoms with Gasteiger partial charge in [0.2, 0.25) is 5.54 Å². The Balaban J connectivity index is 1.78. The molecular weight excluding hydrogens is 386 g/mol. The molecule has 0 bridgehead atoms. The van der Waals surface area contributed by atoms with Crippen molar-refractivity contribution in [3.8, 4) is 11.1 Å². The fraction of sp³-hybridized carbons (Fsp3) is 0.348. The lowest BCUT2D eigenvalue weighted by Gasteiger charge is -2.26. The molecule has 0 aliphatic heterocycles. The SMILES string of the molecule is CC(C)(C)OC(=O)C[C@@](N)(C(=O)O)C(=O)OCC1c2ccccc2-c2ccccc21. The monoisotopic (exact) mass is 411 g/mol. The van der Waals surface area contributed by atoms with Crippen LogP contribution in [0.2, 0.25) is 0 Å².